The van der Waals surface area contributed by atoms with Gasteiger partial charge in [-0.15, -0.1) is 0 Å². The average Bonchev–Trinajstić information content (AvgIpc) is 2.63. The molecular weight excluding hydrogens is 245 g/mol. The van der Waals surface area contributed by atoms with Gasteiger partial charge in [-0.2, -0.15) is 0 Å². The Morgan fingerprint density at radius 1 is 1.19 bits per heavy atom. The molecular formula is C12H15Cl2NO. The summed E-state index contributed by atoms with van der Waals surface area (Å²) in [7, 11) is 1.97. The summed E-state index contributed by atoms with van der Waals surface area (Å²) < 4.78 is 5.91. The lowest BCUT2D eigenvalue weighted by molar-refractivity contribution is 0.179. The number of nitrogens with one attached hydrogen (secondary N) is 1. The van der Waals surface area contributed by atoms with E-state index in [2.05, 4.69) is 5.32 Å². The van der Waals surface area contributed by atoms with Gasteiger partial charge in [0.05, 0.1) is 0 Å². The Morgan fingerprint density at radius 3 is 2.50 bits per heavy atom. The fraction of sp³-hybridized carbons (Fsp3) is 0.500. The molecule has 0 aromatic heterocycles. The highest BCUT2D eigenvalue weighted by atomic mass is 35.5. The Bertz CT molecular complexity index is 350. The molecule has 0 bridgehead atoms. The second-order valence-corrected chi connectivity index (χ2v) is 4.96. The molecule has 0 saturated heterocycles. The van der Waals surface area contributed by atoms with Crippen molar-refractivity contribution in [2.75, 3.05) is 7.05 Å². The Morgan fingerprint density at radius 2 is 1.88 bits per heavy atom. The molecule has 1 aliphatic rings. The molecule has 1 aromatic rings. The number of hydrogen-bond acceptors (Lipinski definition) is 2. The van der Waals surface area contributed by atoms with Gasteiger partial charge in [0.1, 0.15) is 11.9 Å². The van der Waals surface area contributed by atoms with Crippen molar-refractivity contribution in [3.05, 3.63) is 28.2 Å². The van der Waals surface area contributed by atoms with Crippen molar-refractivity contribution in [2.24, 2.45) is 0 Å². The van der Waals surface area contributed by atoms with Gasteiger partial charge in [0.15, 0.2) is 0 Å². The van der Waals surface area contributed by atoms with E-state index in [1.165, 1.54) is 6.42 Å². The zero-order valence-corrected chi connectivity index (χ0v) is 10.7. The molecule has 1 aliphatic carbocycles. The van der Waals surface area contributed by atoms with E-state index in [1.807, 2.05) is 7.05 Å². The van der Waals surface area contributed by atoms with Crippen LogP contribution in [-0.4, -0.2) is 19.2 Å². The summed E-state index contributed by atoms with van der Waals surface area (Å²) in [5, 5.41) is 4.50. The van der Waals surface area contributed by atoms with E-state index in [4.69, 9.17) is 27.9 Å². The maximum atomic E-state index is 5.93. The molecule has 0 radical (unpaired) electrons. The van der Waals surface area contributed by atoms with Gasteiger partial charge in [-0.1, -0.05) is 23.2 Å². The van der Waals surface area contributed by atoms with E-state index in [0.29, 0.717) is 16.1 Å². The molecule has 2 nitrogen and oxygen atoms in total. The van der Waals surface area contributed by atoms with Crippen molar-refractivity contribution >= 4 is 23.2 Å². The lowest BCUT2D eigenvalue weighted by atomic mass is 10.2. The molecule has 1 saturated carbocycles. The Balaban J connectivity index is 2.08. The van der Waals surface area contributed by atoms with Crippen molar-refractivity contribution in [3.8, 4) is 5.75 Å². The second kappa shape index (κ2) is 5.26. The van der Waals surface area contributed by atoms with Crippen LogP contribution in [0.15, 0.2) is 18.2 Å². The molecule has 2 unspecified atom stereocenters. The van der Waals surface area contributed by atoms with E-state index < -0.39 is 0 Å². The van der Waals surface area contributed by atoms with E-state index in [-0.39, 0.29) is 6.10 Å². The first-order valence-electron chi connectivity index (χ1n) is 5.49. The summed E-state index contributed by atoms with van der Waals surface area (Å²) in [5.74, 6) is 0.754. The molecule has 1 fully saturated rings. The normalized spacial score (nSPS) is 24.7. The molecule has 0 amide bonds. The zero-order valence-electron chi connectivity index (χ0n) is 9.17. The predicted octanol–water partition coefficient (Wildman–Crippen LogP) is 3.51. The molecule has 1 aromatic carbocycles. The van der Waals surface area contributed by atoms with Crippen LogP contribution in [-0.2, 0) is 0 Å². The maximum absolute atomic E-state index is 5.93. The predicted molar refractivity (Wildman–Crippen MR) is 67.6 cm³/mol. The first kappa shape index (κ1) is 12.0. The van der Waals surface area contributed by atoms with Crippen molar-refractivity contribution in [1.82, 2.24) is 5.32 Å². The van der Waals surface area contributed by atoms with Crippen LogP contribution < -0.4 is 10.1 Å². The van der Waals surface area contributed by atoms with Crippen molar-refractivity contribution in [3.63, 3.8) is 0 Å². The van der Waals surface area contributed by atoms with Gasteiger partial charge in [0.25, 0.3) is 0 Å². The SMILES string of the molecule is CNC1CCCC1Oc1cc(Cl)cc(Cl)c1. The van der Waals surface area contributed by atoms with Crippen LogP contribution in [0.1, 0.15) is 19.3 Å². The van der Waals surface area contributed by atoms with E-state index in [0.717, 1.165) is 18.6 Å². The molecule has 16 heavy (non-hydrogen) atoms. The van der Waals surface area contributed by atoms with Gasteiger partial charge >= 0.3 is 0 Å². The number of benzene rings is 1. The quantitative estimate of drug-likeness (QED) is 0.897. The van der Waals surface area contributed by atoms with Crippen LogP contribution in [0.3, 0.4) is 0 Å². The Kier molecular flexibility index (Phi) is 3.95. The summed E-state index contributed by atoms with van der Waals surface area (Å²) in [6.45, 7) is 0. The Labute approximate surface area is 106 Å². The number of hydrogen-bond donors (Lipinski definition) is 1. The van der Waals surface area contributed by atoms with Crippen molar-refractivity contribution < 1.29 is 4.74 Å². The maximum Gasteiger partial charge on any atom is 0.122 e. The van der Waals surface area contributed by atoms with E-state index in [1.54, 1.807) is 18.2 Å². The summed E-state index contributed by atoms with van der Waals surface area (Å²) in [4.78, 5) is 0. The Hall–Kier alpha value is -0.440. The summed E-state index contributed by atoms with van der Waals surface area (Å²) >= 11 is 11.9. The van der Waals surface area contributed by atoms with Gasteiger partial charge in [-0.25, -0.2) is 0 Å². The topological polar surface area (TPSA) is 21.3 Å². The largest absolute Gasteiger partial charge is 0.489 e. The van der Waals surface area contributed by atoms with Crippen LogP contribution >= 0.6 is 23.2 Å². The fourth-order valence-corrected chi connectivity index (χ4v) is 2.67. The lowest BCUT2D eigenvalue weighted by Crippen LogP contribution is -2.36. The van der Waals surface area contributed by atoms with Gasteiger partial charge < -0.3 is 10.1 Å². The molecule has 0 spiro atoms. The molecule has 2 atom stereocenters. The van der Waals surface area contributed by atoms with Crippen molar-refractivity contribution in [1.29, 1.82) is 0 Å². The zero-order chi connectivity index (χ0) is 11.5. The first-order chi connectivity index (χ1) is 7.69. The monoisotopic (exact) mass is 259 g/mol. The lowest BCUT2D eigenvalue weighted by Gasteiger charge is -2.20. The smallest absolute Gasteiger partial charge is 0.122 e. The number of halogens is 2. The molecule has 4 heteroatoms. The minimum atomic E-state index is 0.222. The molecule has 0 heterocycles. The van der Waals surface area contributed by atoms with Crippen LogP contribution in [0.5, 0.6) is 5.75 Å². The molecule has 0 aliphatic heterocycles. The highest BCUT2D eigenvalue weighted by Gasteiger charge is 2.27. The summed E-state index contributed by atoms with van der Waals surface area (Å²) in [5.41, 5.74) is 0. The average molecular weight is 260 g/mol. The third kappa shape index (κ3) is 2.82. The number of rotatable bonds is 3. The van der Waals surface area contributed by atoms with Gasteiger partial charge in [-0.05, 0) is 44.5 Å². The van der Waals surface area contributed by atoms with Gasteiger partial charge in [0, 0.05) is 16.1 Å². The van der Waals surface area contributed by atoms with E-state index >= 15 is 0 Å². The molecule has 88 valence electrons. The summed E-state index contributed by atoms with van der Waals surface area (Å²) in [6.07, 6.45) is 3.66. The standard InChI is InChI=1S/C12H15Cl2NO/c1-15-11-3-2-4-12(11)16-10-6-8(13)5-9(14)7-10/h5-7,11-12,15H,2-4H2,1H3. The fourth-order valence-electron chi connectivity index (χ4n) is 2.17. The molecule has 2 rings (SSSR count). The second-order valence-electron chi connectivity index (χ2n) is 4.09. The van der Waals surface area contributed by atoms with Crippen LogP contribution in [0.4, 0.5) is 0 Å². The van der Waals surface area contributed by atoms with Gasteiger partial charge in [-0.3, -0.25) is 0 Å². The minimum Gasteiger partial charge on any atom is -0.489 e. The first-order valence-corrected chi connectivity index (χ1v) is 6.24. The van der Waals surface area contributed by atoms with Crippen LogP contribution in [0, 0.1) is 0 Å². The van der Waals surface area contributed by atoms with Crippen LogP contribution in [0.2, 0.25) is 10.0 Å². The highest BCUT2D eigenvalue weighted by molar-refractivity contribution is 6.34. The molecule has 1 N–H and O–H groups in total. The van der Waals surface area contributed by atoms with Gasteiger partial charge in [0.2, 0.25) is 0 Å². The number of ether oxygens (including phenoxy) is 1. The van der Waals surface area contributed by atoms with E-state index in [9.17, 15) is 0 Å². The van der Waals surface area contributed by atoms with Crippen molar-refractivity contribution in [2.45, 2.75) is 31.4 Å². The minimum absolute atomic E-state index is 0.222. The van der Waals surface area contributed by atoms with Crippen LogP contribution in [0.25, 0.3) is 0 Å². The number of likely N-dealkylation sites (N-methyl/N-ethyl adjacent to an activating group) is 1. The third-order valence-electron chi connectivity index (χ3n) is 2.95. The third-order valence-corrected chi connectivity index (χ3v) is 3.38. The highest BCUT2D eigenvalue weighted by Crippen LogP contribution is 2.28. The summed E-state index contributed by atoms with van der Waals surface area (Å²) in [6, 6.07) is 5.75.